The van der Waals surface area contributed by atoms with Crippen molar-refractivity contribution in [3.63, 3.8) is 0 Å². The highest BCUT2D eigenvalue weighted by atomic mass is 19.1. The van der Waals surface area contributed by atoms with Crippen LogP contribution in [0.25, 0.3) is 0 Å². The second-order valence-electron chi connectivity index (χ2n) is 8.22. The summed E-state index contributed by atoms with van der Waals surface area (Å²) in [6, 6.07) is 9.98. The second-order valence-corrected chi connectivity index (χ2v) is 8.22. The van der Waals surface area contributed by atoms with Gasteiger partial charge < -0.3 is 25.0 Å². The molecule has 0 spiro atoms. The molecule has 1 saturated heterocycles. The lowest BCUT2D eigenvalue weighted by Gasteiger charge is -2.42. The molecule has 174 valence electrons. The van der Waals surface area contributed by atoms with Gasteiger partial charge in [-0.05, 0) is 49.2 Å². The number of rotatable bonds is 4. The van der Waals surface area contributed by atoms with E-state index in [1.165, 1.54) is 18.2 Å². The van der Waals surface area contributed by atoms with E-state index in [-0.39, 0.29) is 48.7 Å². The standard InChI is InChI=1S/C24H26FN3O5/c1-26-22(29)12-17-7-8-19-21(33-17)13-32-20-9-6-16(11-18(20)24(31)28(19)2)27-23(30)14-4-3-5-15(25)10-14/h3-6,9-11,17,19,21H,7-8,12-13H2,1-2H3,(H,26,29)(H,27,30)/t17-,19-,21+/m1/s1. The number of hydrogen-bond acceptors (Lipinski definition) is 5. The number of carbonyl (C=O) groups is 3. The maximum Gasteiger partial charge on any atom is 0.257 e. The summed E-state index contributed by atoms with van der Waals surface area (Å²) in [4.78, 5) is 39.1. The molecule has 0 aliphatic carbocycles. The van der Waals surface area contributed by atoms with Crippen molar-refractivity contribution in [3.05, 3.63) is 59.4 Å². The van der Waals surface area contributed by atoms with Crippen LogP contribution in [-0.4, -0.2) is 61.6 Å². The van der Waals surface area contributed by atoms with Gasteiger partial charge >= 0.3 is 0 Å². The predicted octanol–water partition coefficient (Wildman–Crippen LogP) is 2.59. The Kier molecular flexibility index (Phi) is 6.60. The lowest BCUT2D eigenvalue weighted by atomic mass is 9.94. The summed E-state index contributed by atoms with van der Waals surface area (Å²) < 4.78 is 25.5. The Labute approximate surface area is 191 Å². The van der Waals surface area contributed by atoms with Crippen LogP contribution in [0.1, 0.15) is 40.0 Å². The van der Waals surface area contributed by atoms with E-state index in [2.05, 4.69) is 10.6 Å². The molecule has 2 aromatic rings. The van der Waals surface area contributed by atoms with Gasteiger partial charge in [0.2, 0.25) is 5.91 Å². The zero-order valence-electron chi connectivity index (χ0n) is 18.5. The highest BCUT2D eigenvalue weighted by Gasteiger charge is 2.39. The second kappa shape index (κ2) is 9.58. The van der Waals surface area contributed by atoms with E-state index in [1.54, 1.807) is 37.2 Å². The Morgan fingerprint density at radius 2 is 2.00 bits per heavy atom. The highest BCUT2D eigenvalue weighted by Crippen LogP contribution is 2.32. The molecule has 2 aromatic carbocycles. The fraction of sp³-hybridized carbons (Fsp3) is 0.375. The van der Waals surface area contributed by atoms with Crippen molar-refractivity contribution in [1.82, 2.24) is 10.2 Å². The van der Waals surface area contributed by atoms with Crippen molar-refractivity contribution in [2.45, 2.75) is 37.5 Å². The quantitative estimate of drug-likeness (QED) is 0.739. The van der Waals surface area contributed by atoms with Crippen LogP contribution in [0.2, 0.25) is 0 Å². The average molecular weight is 455 g/mol. The summed E-state index contributed by atoms with van der Waals surface area (Å²) in [7, 11) is 3.31. The summed E-state index contributed by atoms with van der Waals surface area (Å²) in [5, 5.41) is 5.30. The van der Waals surface area contributed by atoms with Crippen LogP contribution < -0.4 is 15.4 Å². The fourth-order valence-electron chi connectivity index (χ4n) is 4.25. The summed E-state index contributed by atoms with van der Waals surface area (Å²) in [5.41, 5.74) is 0.895. The van der Waals surface area contributed by atoms with Gasteiger partial charge in [0.15, 0.2) is 0 Å². The lowest BCUT2D eigenvalue weighted by Crippen LogP contribution is -2.53. The van der Waals surface area contributed by atoms with Crippen LogP contribution in [0.5, 0.6) is 5.75 Å². The van der Waals surface area contributed by atoms with Gasteiger partial charge in [-0.15, -0.1) is 0 Å². The molecule has 0 saturated carbocycles. The zero-order chi connectivity index (χ0) is 23.5. The van der Waals surface area contributed by atoms with Gasteiger partial charge in [-0.25, -0.2) is 4.39 Å². The third-order valence-electron chi connectivity index (χ3n) is 6.05. The van der Waals surface area contributed by atoms with Crippen LogP contribution in [-0.2, 0) is 9.53 Å². The number of ether oxygens (including phenoxy) is 2. The molecular weight excluding hydrogens is 429 g/mol. The summed E-state index contributed by atoms with van der Waals surface area (Å²) in [5.74, 6) is -0.952. The molecule has 9 heteroatoms. The number of nitrogens with one attached hydrogen (secondary N) is 2. The Balaban J connectivity index is 1.52. The van der Waals surface area contributed by atoms with Gasteiger partial charge in [0, 0.05) is 25.3 Å². The Bertz CT molecular complexity index is 1080. The van der Waals surface area contributed by atoms with E-state index < -0.39 is 11.7 Å². The number of nitrogens with zero attached hydrogens (tertiary/aromatic N) is 1. The van der Waals surface area contributed by atoms with Crippen LogP contribution in [0.4, 0.5) is 10.1 Å². The van der Waals surface area contributed by atoms with Gasteiger partial charge in [-0.1, -0.05) is 6.07 Å². The largest absolute Gasteiger partial charge is 0.490 e. The number of likely N-dealkylation sites (N-methyl/N-ethyl adjacent to an activating group) is 1. The lowest BCUT2D eigenvalue weighted by molar-refractivity contribution is -0.133. The van der Waals surface area contributed by atoms with Crippen molar-refractivity contribution >= 4 is 23.4 Å². The minimum Gasteiger partial charge on any atom is -0.490 e. The maximum atomic E-state index is 13.4. The number of halogens is 1. The van der Waals surface area contributed by atoms with Crippen molar-refractivity contribution in [3.8, 4) is 5.75 Å². The van der Waals surface area contributed by atoms with Crippen molar-refractivity contribution < 1.29 is 28.2 Å². The molecule has 3 atom stereocenters. The van der Waals surface area contributed by atoms with Crippen LogP contribution in [0.15, 0.2) is 42.5 Å². The first-order valence-electron chi connectivity index (χ1n) is 10.8. The first kappa shape index (κ1) is 22.7. The Morgan fingerprint density at radius 1 is 1.18 bits per heavy atom. The monoisotopic (exact) mass is 455 g/mol. The highest BCUT2D eigenvalue weighted by molar-refractivity contribution is 6.05. The molecule has 0 aromatic heterocycles. The van der Waals surface area contributed by atoms with E-state index in [4.69, 9.17) is 9.47 Å². The molecule has 0 unspecified atom stereocenters. The molecular formula is C24H26FN3O5. The minimum atomic E-state index is -0.507. The van der Waals surface area contributed by atoms with Crippen molar-refractivity contribution in [2.75, 3.05) is 26.0 Å². The molecule has 4 rings (SSSR count). The predicted molar refractivity (Wildman–Crippen MR) is 119 cm³/mol. The Morgan fingerprint density at radius 3 is 2.76 bits per heavy atom. The summed E-state index contributed by atoms with van der Waals surface area (Å²) in [6.45, 7) is 0.231. The van der Waals surface area contributed by atoms with Crippen LogP contribution in [0, 0.1) is 5.82 Å². The van der Waals surface area contributed by atoms with Gasteiger partial charge in [-0.2, -0.15) is 0 Å². The van der Waals surface area contributed by atoms with Crippen molar-refractivity contribution in [2.24, 2.45) is 0 Å². The number of fused-ring (bicyclic) bond motifs is 2. The number of hydrogen-bond donors (Lipinski definition) is 2. The van der Waals surface area contributed by atoms with E-state index >= 15 is 0 Å². The number of carbonyl (C=O) groups excluding carboxylic acids is 3. The van der Waals surface area contributed by atoms with E-state index in [9.17, 15) is 18.8 Å². The first-order valence-corrected chi connectivity index (χ1v) is 10.8. The topological polar surface area (TPSA) is 97.0 Å². The normalized spacial score (nSPS) is 22.2. The molecule has 8 nitrogen and oxygen atoms in total. The van der Waals surface area contributed by atoms with Gasteiger partial charge in [0.05, 0.1) is 24.1 Å². The van der Waals surface area contributed by atoms with E-state index in [1.807, 2.05) is 0 Å². The molecule has 2 aliphatic rings. The first-order chi connectivity index (χ1) is 15.9. The molecule has 2 aliphatic heterocycles. The minimum absolute atomic E-state index is 0.0900. The van der Waals surface area contributed by atoms with E-state index in [0.29, 0.717) is 29.8 Å². The number of amides is 3. The van der Waals surface area contributed by atoms with Crippen molar-refractivity contribution in [1.29, 1.82) is 0 Å². The Hall–Kier alpha value is -3.46. The molecule has 0 radical (unpaired) electrons. The van der Waals surface area contributed by atoms with Gasteiger partial charge in [0.25, 0.3) is 11.8 Å². The van der Waals surface area contributed by atoms with Gasteiger partial charge in [0.1, 0.15) is 24.3 Å². The molecule has 33 heavy (non-hydrogen) atoms. The van der Waals surface area contributed by atoms with Gasteiger partial charge in [-0.3, -0.25) is 14.4 Å². The number of anilines is 1. The third kappa shape index (κ3) is 4.98. The van der Waals surface area contributed by atoms with Crippen LogP contribution in [0.3, 0.4) is 0 Å². The zero-order valence-corrected chi connectivity index (χ0v) is 18.5. The molecule has 2 heterocycles. The van der Waals surface area contributed by atoms with Crippen LogP contribution >= 0.6 is 0 Å². The SMILES string of the molecule is CNC(=O)C[C@H]1CC[C@@H]2[C@H](COc3ccc(NC(=O)c4cccc(F)c4)cc3C(=O)N2C)O1. The molecule has 3 amide bonds. The number of benzene rings is 2. The third-order valence-corrected chi connectivity index (χ3v) is 6.05. The maximum absolute atomic E-state index is 13.4. The smallest absolute Gasteiger partial charge is 0.257 e. The molecule has 1 fully saturated rings. The fourth-order valence-corrected chi connectivity index (χ4v) is 4.25. The molecule has 2 N–H and O–H groups in total. The molecule has 0 bridgehead atoms. The summed E-state index contributed by atoms with van der Waals surface area (Å²) >= 11 is 0. The summed E-state index contributed by atoms with van der Waals surface area (Å²) in [6.07, 6.45) is 1.02. The van der Waals surface area contributed by atoms with E-state index in [0.717, 1.165) is 6.07 Å². The average Bonchev–Trinajstić information content (AvgIpc) is 2.81.